The summed E-state index contributed by atoms with van der Waals surface area (Å²) in [6, 6.07) is 7.22. The Morgan fingerprint density at radius 2 is 1.82 bits per heavy atom. The van der Waals surface area contributed by atoms with E-state index in [4.69, 9.17) is 0 Å². The molecule has 2 N–H and O–H groups in total. The molecule has 0 aliphatic rings. The lowest BCUT2D eigenvalue weighted by atomic mass is 10.0. The molecule has 17 heavy (non-hydrogen) atoms. The molecule has 0 saturated carbocycles. The van der Waals surface area contributed by atoms with Gasteiger partial charge >= 0.3 is 0 Å². The van der Waals surface area contributed by atoms with E-state index in [2.05, 4.69) is 16.0 Å². The second-order valence-corrected chi connectivity index (χ2v) is 4.22. The number of nitrogens with zero attached hydrogens (tertiary/aromatic N) is 1. The van der Waals surface area contributed by atoms with Crippen LogP contribution in [0.25, 0.3) is 0 Å². The molecule has 0 spiro atoms. The van der Waals surface area contributed by atoms with Crippen LogP contribution >= 0.6 is 0 Å². The highest BCUT2D eigenvalue weighted by Gasteiger charge is 2.03. The Hall–Kier alpha value is -2.10. The van der Waals surface area contributed by atoms with Crippen LogP contribution in [0.4, 0.5) is 0 Å². The number of hydrogen-bond donors (Lipinski definition) is 2. The van der Waals surface area contributed by atoms with Gasteiger partial charge in [-0.25, -0.2) is 0 Å². The zero-order chi connectivity index (χ0) is 12.4. The number of benzene rings is 1. The maximum atomic E-state index is 11.2. The van der Waals surface area contributed by atoms with Crippen molar-refractivity contribution in [2.45, 2.75) is 20.3 Å². The number of hydrogen-bond acceptors (Lipinski definition) is 3. The normalized spacial score (nSPS) is 10.5. The number of aromatic amines is 1. The number of nitrogens with one attached hydrogen (secondary N) is 1. The van der Waals surface area contributed by atoms with E-state index < -0.39 is 0 Å². The first kappa shape index (κ1) is 11.4. The van der Waals surface area contributed by atoms with Crippen LogP contribution in [0.3, 0.4) is 0 Å². The molecule has 4 nitrogen and oxygen atoms in total. The van der Waals surface area contributed by atoms with Gasteiger partial charge in [0.25, 0.3) is 5.56 Å². The SMILES string of the molecule is Cc1cc(C)cc(Cc2nc(O)cc(=O)[nH]2)c1. The van der Waals surface area contributed by atoms with Crippen LogP contribution in [0.2, 0.25) is 0 Å². The molecular formula is C13H14N2O2. The average molecular weight is 230 g/mol. The van der Waals surface area contributed by atoms with Gasteiger partial charge in [0.2, 0.25) is 5.88 Å². The van der Waals surface area contributed by atoms with E-state index in [9.17, 15) is 9.90 Å². The van der Waals surface area contributed by atoms with Crippen LogP contribution in [0, 0.1) is 13.8 Å². The van der Waals surface area contributed by atoms with E-state index in [1.54, 1.807) is 0 Å². The minimum atomic E-state index is -0.336. The Labute approximate surface area is 99.0 Å². The van der Waals surface area contributed by atoms with Gasteiger partial charge in [-0.3, -0.25) is 4.79 Å². The van der Waals surface area contributed by atoms with Gasteiger partial charge in [0.15, 0.2) is 0 Å². The van der Waals surface area contributed by atoms with E-state index in [-0.39, 0.29) is 11.4 Å². The molecule has 88 valence electrons. The third-order valence-corrected chi connectivity index (χ3v) is 2.43. The first-order valence-electron chi connectivity index (χ1n) is 5.39. The molecule has 0 saturated heterocycles. The summed E-state index contributed by atoms with van der Waals surface area (Å²) in [5.41, 5.74) is 3.07. The zero-order valence-electron chi connectivity index (χ0n) is 9.82. The molecule has 4 heteroatoms. The highest BCUT2D eigenvalue weighted by molar-refractivity contribution is 5.30. The van der Waals surface area contributed by atoms with Gasteiger partial charge in [0.1, 0.15) is 5.82 Å². The minimum Gasteiger partial charge on any atom is -0.493 e. The van der Waals surface area contributed by atoms with E-state index in [0.717, 1.165) is 11.6 Å². The predicted octanol–water partition coefficient (Wildman–Crippen LogP) is 1.68. The molecule has 2 rings (SSSR count). The van der Waals surface area contributed by atoms with Crippen molar-refractivity contribution in [1.29, 1.82) is 0 Å². The molecule has 2 aromatic rings. The summed E-state index contributed by atoms with van der Waals surface area (Å²) >= 11 is 0. The standard InChI is InChI=1S/C13H14N2O2/c1-8-3-9(2)5-10(4-8)6-11-14-12(16)7-13(17)15-11/h3-5,7H,6H2,1-2H3,(H2,14,15,16,17). The largest absolute Gasteiger partial charge is 0.493 e. The Morgan fingerprint density at radius 1 is 1.18 bits per heavy atom. The molecule has 0 amide bonds. The predicted molar refractivity (Wildman–Crippen MR) is 65.2 cm³/mol. The van der Waals surface area contributed by atoms with Crippen molar-refractivity contribution >= 4 is 0 Å². The fourth-order valence-corrected chi connectivity index (χ4v) is 1.94. The Kier molecular flexibility index (Phi) is 2.95. The van der Waals surface area contributed by atoms with Crippen LogP contribution < -0.4 is 5.56 Å². The van der Waals surface area contributed by atoms with Crippen molar-refractivity contribution in [2.24, 2.45) is 0 Å². The lowest BCUT2D eigenvalue weighted by Gasteiger charge is -2.04. The molecule has 0 aliphatic heterocycles. The minimum absolute atomic E-state index is 0.242. The Balaban J connectivity index is 2.34. The number of H-pyrrole nitrogens is 1. The Bertz CT molecular complexity index is 582. The van der Waals surface area contributed by atoms with Gasteiger partial charge in [0.05, 0.1) is 6.07 Å². The van der Waals surface area contributed by atoms with Crippen molar-refractivity contribution in [1.82, 2.24) is 9.97 Å². The van der Waals surface area contributed by atoms with Gasteiger partial charge in [-0.2, -0.15) is 4.98 Å². The summed E-state index contributed by atoms with van der Waals surface area (Å²) in [5, 5.41) is 9.25. The Morgan fingerprint density at radius 3 is 2.41 bits per heavy atom. The molecule has 0 radical (unpaired) electrons. The van der Waals surface area contributed by atoms with Crippen molar-refractivity contribution in [3.8, 4) is 5.88 Å². The van der Waals surface area contributed by atoms with Crippen LogP contribution in [0.1, 0.15) is 22.5 Å². The second kappa shape index (κ2) is 4.41. The summed E-state index contributed by atoms with van der Waals surface area (Å²) in [4.78, 5) is 17.7. The van der Waals surface area contributed by atoms with Gasteiger partial charge < -0.3 is 10.1 Å². The molecule has 0 fully saturated rings. The molecule has 1 aromatic carbocycles. The molecule has 1 heterocycles. The van der Waals surface area contributed by atoms with Gasteiger partial charge in [0, 0.05) is 6.42 Å². The third kappa shape index (κ3) is 2.93. The first-order chi connectivity index (χ1) is 8.02. The summed E-state index contributed by atoms with van der Waals surface area (Å²) in [7, 11) is 0. The molecule has 1 aromatic heterocycles. The van der Waals surface area contributed by atoms with Crippen LogP contribution in [0.5, 0.6) is 5.88 Å². The zero-order valence-corrected chi connectivity index (χ0v) is 9.82. The average Bonchev–Trinajstić information content (AvgIpc) is 2.13. The number of aromatic nitrogens is 2. The summed E-state index contributed by atoms with van der Waals surface area (Å²) in [6.07, 6.45) is 0.506. The monoisotopic (exact) mass is 230 g/mol. The van der Waals surface area contributed by atoms with Crippen LogP contribution in [-0.2, 0) is 6.42 Å². The van der Waals surface area contributed by atoms with Crippen molar-refractivity contribution in [3.63, 3.8) is 0 Å². The summed E-state index contributed by atoms with van der Waals surface area (Å²) < 4.78 is 0. The van der Waals surface area contributed by atoms with E-state index in [1.807, 2.05) is 26.0 Å². The molecule has 0 unspecified atom stereocenters. The highest BCUT2D eigenvalue weighted by Crippen LogP contribution is 2.12. The van der Waals surface area contributed by atoms with Gasteiger partial charge in [-0.15, -0.1) is 0 Å². The lowest BCUT2D eigenvalue weighted by molar-refractivity contribution is 0.448. The smallest absolute Gasteiger partial charge is 0.254 e. The second-order valence-electron chi connectivity index (χ2n) is 4.22. The van der Waals surface area contributed by atoms with E-state index in [1.165, 1.54) is 11.1 Å². The maximum Gasteiger partial charge on any atom is 0.254 e. The van der Waals surface area contributed by atoms with Crippen LogP contribution in [-0.4, -0.2) is 15.1 Å². The summed E-state index contributed by atoms with van der Waals surface area (Å²) in [6.45, 7) is 4.05. The fourth-order valence-electron chi connectivity index (χ4n) is 1.94. The van der Waals surface area contributed by atoms with Gasteiger partial charge in [-0.1, -0.05) is 29.3 Å². The fraction of sp³-hybridized carbons (Fsp3) is 0.231. The van der Waals surface area contributed by atoms with E-state index in [0.29, 0.717) is 12.2 Å². The topological polar surface area (TPSA) is 66.0 Å². The highest BCUT2D eigenvalue weighted by atomic mass is 16.3. The molecule has 0 aliphatic carbocycles. The third-order valence-electron chi connectivity index (χ3n) is 2.43. The molecule has 0 atom stereocenters. The van der Waals surface area contributed by atoms with E-state index >= 15 is 0 Å². The lowest BCUT2D eigenvalue weighted by Crippen LogP contribution is -2.09. The number of aryl methyl sites for hydroxylation is 2. The quantitative estimate of drug-likeness (QED) is 0.825. The van der Waals surface area contributed by atoms with Crippen molar-refractivity contribution in [3.05, 3.63) is 57.1 Å². The van der Waals surface area contributed by atoms with Crippen molar-refractivity contribution in [2.75, 3.05) is 0 Å². The number of aromatic hydroxyl groups is 1. The molecular weight excluding hydrogens is 216 g/mol. The first-order valence-corrected chi connectivity index (χ1v) is 5.39. The van der Waals surface area contributed by atoms with Crippen LogP contribution in [0.15, 0.2) is 29.1 Å². The molecule has 0 bridgehead atoms. The number of rotatable bonds is 2. The van der Waals surface area contributed by atoms with Crippen molar-refractivity contribution < 1.29 is 5.11 Å². The summed E-state index contributed by atoms with van der Waals surface area (Å²) in [5.74, 6) is 0.230. The maximum absolute atomic E-state index is 11.2. The van der Waals surface area contributed by atoms with Gasteiger partial charge in [-0.05, 0) is 19.4 Å².